The van der Waals surface area contributed by atoms with Gasteiger partial charge in [0, 0.05) is 13.0 Å². The standard InChI is InChI=1S/C20H22N4O4/c1-13-5-4-6-15-19(13)22-20(26)24(15)10-9-18(25)23-21-12-14-7-8-16(27-2)17(11-14)28-3/h4-8,11-12H,9-10H2,1-3H3,(H,22,26)(H,23,25)/b21-12+. The number of hydrogen-bond donors (Lipinski definition) is 2. The summed E-state index contributed by atoms with van der Waals surface area (Å²) in [6.07, 6.45) is 1.64. The largest absolute Gasteiger partial charge is 0.493 e. The number of nitrogens with one attached hydrogen (secondary N) is 2. The summed E-state index contributed by atoms with van der Waals surface area (Å²) in [5, 5.41) is 3.96. The van der Waals surface area contributed by atoms with Gasteiger partial charge in [-0.3, -0.25) is 9.36 Å². The highest BCUT2D eigenvalue weighted by molar-refractivity contribution is 5.83. The van der Waals surface area contributed by atoms with Crippen molar-refractivity contribution >= 4 is 23.2 Å². The molecule has 1 amide bonds. The summed E-state index contributed by atoms with van der Waals surface area (Å²) in [6, 6.07) is 11.0. The number of carbonyl (C=O) groups is 1. The molecule has 2 N–H and O–H groups in total. The number of imidazole rings is 1. The molecule has 0 saturated carbocycles. The lowest BCUT2D eigenvalue weighted by Gasteiger charge is -2.07. The third-order valence-electron chi connectivity index (χ3n) is 4.39. The van der Waals surface area contributed by atoms with E-state index in [1.807, 2.05) is 25.1 Å². The first-order chi connectivity index (χ1) is 13.5. The average Bonchev–Trinajstić information content (AvgIpc) is 3.03. The number of H-pyrrole nitrogens is 1. The van der Waals surface area contributed by atoms with Crippen LogP contribution in [0.15, 0.2) is 46.3 Å². The fourth-order valence-corrected chi connectivity index (χ4v) is 2.93. The molecule has 0 saturated heterocycles. The molecule has 0 bridgehead atoms. The minimum absolute atomic E-state index is 0.129. The Kier molecular flexibility index (Phi) is 5.78. The van der Waals surface area contributed by atoms with Crippen molar-refractivity contribution < 1.29 is 14.3 Å². The molecule has 0 fully saturated rings. The molecule has 3 aromatic rings. The molecule has 0 atom stereocenters. The monoisotopic (exact) mass is 382 g/mol. The van der Waals surface area contributed by atoms with E-state index in [9.17, 15) is 9.59 Å². The van der Waals surface area contributed by atoms with Crippen molar-refractivity contribution in [3.8, 4) is 11.5 Å². The topological polar surface area (TPSA) is 97.7 Å². The molecule has 146 valence electrons. The third kappa shape index (κ3) is 4.06. The summed E-state index contributed by atoms with van der Waals surface area (Å²) in [7, 11) is 3.11. The van der Waals surface area contributed by atoms with Crippen molar-refractivity contribution in [2.45, 2.75) is 19.9 Å². The number of hydrogen-bond acceptors (Lipinski definition) is 5. The maximum absolute atomic E-state index is 12.1. The van der Waals surface area contributed by atoms with E-state index < -0.39 is 0 Å². The molecule has 28 heavy (non-hydrogen) atoms. The van der Waals surface area contributed by atoms with Gasteiger partial charge in [0.05, 0.1) is 31.5 Å². The normalized spacial score (nSPS) is 11.1. The fraction of sp³-hybridized carbons (Fsp3) is 0.250. The summed E-state index contributed by atoms with van der Waals surface area (Å²) in [5.74, 6) is 0.903. The van der Waals surface area contributed by atoms with Gasteiger partial charge in [-0.25, -0.2) is 10.2 Å². The van der Waals surface area contributed by atoms with Crippen LogP contribution in [0.3, 0.4) is 0 Å². The fourth-order valence-electron chi connectivity index (χ4n) is 2.93. The molecule has 8 heteroatoms. The van der Waals surface area contributed by atoms with E-state index in [0.717, 1.165) is 22.2 Å². The number of hydrazone groups is 1. The van der Waals surface area contributed by atoms with Crippen LogP contribution < -0.4 is 20.6 Å². The molecule has 0 aliphatic rings. The maximum atomic E-state index is 12.1. The maximum Gasteiger partial charge on any atom is 0.326 e. The number of rotatable bonds is 7. The first kappa shape index (κ1) is 19.2. The van der Waals surface area contributed by atoms with E-state index in [0.29, 0.717) is 11.5 Å². The predicted octanol–water partition coefficient (Wildman–Crippen LogP) is 2.20. The summed E-state index contributed by atoms with van der Waals surface area (Å²) in [4.78, 5) is 27.0. The molecule has 0 unspecified atom stereocenters. The quantitative estimate of drug-likeness (QED) is 0.483. The van der Waals surface area contributed by atoms with Gasteiger partial charge >= 0.3 is 5.69 Å². The molecule has 2 aromatic carbocycles. The van der Waals surface area contributed by atoms with Gasteiger partial charge < -0.3 is 14.5 Å². The van der Waals surface area contributed by atoms with Gasteiger partial charge in [0.15, 0.2) is 11.5 Å². The van der Waals surface area contributed by atoms with Gasteiger partial charge in [0.2, 0.25) is 5.91 Å². The zero-order chi connectivity index (χ0) is 20.1. The van der Waals surface area contributed by atoms with Gasteiger partial charge in [-0.05, 0) is 42.3 Å². The molecule has 0 radical (unpaired) electrons. The number of fused-ring (bicyclic) bond motifs is 1. The lowest BCUT2D eigenvalue weighted by Crippen LogP contribution is -2.23. The summed E-state index contributed by atoms with van der Waals surface area (Å²) in [5.41, 5.74) is 5.55. The minimum atomic E-state index is -0.286. The van der Waals surface area contributed by atoms with Crippen LogP contribution in [0.1, 0.15) is 17.5 Å². The molecule has 3 rings (SSSR count). The number of methoxy groups -OCH3 is 2. The summed E-state index contributed by atoms with van der Waals surface area (Å²) in [6.45, 7) is 2.19. The predicted molar refractivity (Wildman–Crippen MR) is 107 cm³/mol. The Morgan fingerprint density at radius 2 is 2.00 bits per heavy atom. The number of amides is 1. The van der Waals surface area contributed by atoms with E-state index in [1.165, 1.54) is 6.21 Å². The van der Waals surface area contributed by atoms with Gasteiger partial charge in [0.1, 0.15) is 0 Å². The molecule has 0 spiro atoms. The lowest BCUT2D eigenvalue weighted by molar-refractivity contribution is -0.121. The van der Waals surface area contributed by atoms with E-state index in [2.05, 4.69) is 15.5 Å². The first-order valence-corrected chi connectivity index (χ1v) is 8.75. The van der Waals surface area contributed by atoms with Crippen molar-refractivity contribution in [3.63, 3.8) is 0 Å². The molecule has 1 aromatic heterocycles. The molecular weight excluding hydrogens is 360 g/mol. The van der Waals surface area contributed by atoms with Crippen molar-refractivity contribution in [1.82, 2.24) is 15.0 Å². The van der Waals surface area contributed by atoms with Crippen LogP contribution in [-0.2, 0) is 11.3 Å². The van der Waals surface area contributed by atoms with Crippen LogP contribution in [0, 0.1) is 6.92 Å². The van der Waals surface area contributed by atoms with Crippen LogP contribution in [0.25, 0.3) is 11.0 Å². The number of aromatic nitrogens is 2. The number of para-hydroxylation sites is 1. The number of nitrogens with zero attached hydrogens (tertiary/aromatic N) is 2. The Labute approximate surface area is 161 Å². The number of ether oxygens (including phenoxy) is 2. The average molecular weight is 382 g/mol. The summed E-state index contributed by atoms with van der Waals surface area (Å²) >= 11 is 0. The first-order valence-electron chi connectivity index (χ1n) is 8.75. The Morgan fingerprint density at radius 3 is 2.75 bits per heavy atom. The number of carbonyl (C=O) groups excluding carboxylic acids is 1. The van der Waals surface area contributed by atoms with E-state index >= 15 is 0 Å². The van der Waals surface area contributed by atoms with E-state index in [1.54, 1.807) is 37.0 Å². The zero-order valence-corrected chi connectivity index (χ0v) is 16.0. The highest BCUT2D eigenvalue weighted by Crippen LogP contribution is 2.26. The highest BCUT2D eigenvalue weighted by Gasteiger charge is 2.10. The summed E-state index contributed by atoms with van der Waals surface area (Å²) < 4.78 is 12.0. The second-order valence-corrected chi connectivity index (χ2v) is 6.21. The van der Waals surface area contributed by atoms with E-state index in [4.69, 9.17) is 9.47 Å². The lowest BCUT2D eigenvalue weighted by atomic mass is 10.2. The second kappa shape index (κ2) is 8.43. The van der Waals surface area contributed by atoms with Gasteiger partial charge in [-0.15, -0.1) is 0 Å². The molecule has 0 aliphatic carbocycles. The van der Waals surface area contributed by atoms with Crippen molar-refractivity contribution in [3.05, 3.63) is 58.0 Å². The number of aromatic amines is 1. The van der Waals surface area contributed by atoms with Crippen molar-refractivity contribution in [1.29, 1.82) is 0 Å². The second-order valence-electron chi connectivity index (χ2n) is 6.21. The van der Waals surface area contributed by atoms with Crippen molar-refractivity contribution in [2.24, 2.45) is 5.10 Å². The Bertz CT molecular complexity index is 1080. The van der Waals surface area contributed by atoms with Gasteiger partial charge in [-0.1, -0.05) is 12.1 Å². The molecule has 8 nitrogen and oxygen atoms in total. The number of benzene rings is 2. The molecule has 1 heterocycles. The van der Waals surface area contributed by atoms with Gasteiger partial charge in [-0.2, -0.15) is 5.10 Å². The zero-order valence-electron chi connectivity index (χ0n) is 16.0. The van der Waals surface area contributed by atoms with Crippen molar-refractivity contribution in [2.75, 3.05) is 14.2 Å². The Balaban J connectivity index is 1.61. The highest BCUT2D eigenvalue weighted by atomic mass is 16.5. The van der Waals surface area contributed by atoms with Crippen LogP contribution in [-0.4, -0.2) is 35.9 Å². The van der Waals surface area contributed by atoms with Crippen LogP contribution in [0.4, 0.5) is 0 Å². The third-order valence-corrected chi connectivity index (χ3v) is 4.39. The molecular formula is C20H22N4O4. The SMILES string of the molecule is COc1ccc(/C=N/NC(=O)CCn2c(=O)[nH]c3c(C)cccc32)cc1OC. The van der Waals surface area contributed by atoms with Crippen LogP contribution in [0.2, 0.25) is 0 Å². The number of aryl methyl sites for hydroxylation is 2. The van der Waals surface area contributed by atoms with Crippen LogP contribution in [0.5, 0.6) is 11.5 Å². The van der Waals surface area contributed by atoms with Crippen LogP contribution >= 0.6 is 0 Å². The Hall–Kier alpha value is -3.55. The minimum Gasteiger partial charge on any atom is -0.493 e. The van der Waals surface area contributed by atoms with E-state index in [-0.39, 0.29) is 24.6 Å². The van der Waals surface area contributed by atoms with Gasteiger partial charge in [0.25, 0.3) is 0 Å². The Morgan fingerprint density at radius 1 is 1.21 bits per heavy atom. The molecule has 0 aliphatic heterocycles. The smallest absolute Gasteiger partial charge is 0.326 e.